The summed E-state index contributed by atoms with van der Waals surface area (Å²) in [6, 6.07) is 9.07. The van der Waals surface area contributed by atoms with E-state index in [2.05, 4.69) is 5.32 Å². The minimum atomic E-state index is -0.813. The molecule has 0 aliphatic rings. The molecular formula is C17H17F2NO3. The Kier molecular flexibility index (Phi) is 5.65. The Morgan fingerprint density at radius 2 is 2.00 bits per heavy atom. The summed E-state index contributed by atoms with van der Waals surface area (Å²) in [5.41, 5.74) is 0.261. The van der Waals surface area contributed by atoms with E-state index in [0.29, 0.717) is 11.3 Å². The number of rotatable bonds is 6. The van der Waals surface area contributed by atoms with E-state index >= 15 is 0 Å². The molecule has 1 amide bonds. The summed E-state index contributed by atoms with van der Waals surface area (Å²) in [5, 5.41) is 11.8. The number of aliphatic hydroxyl groups excluding tert-OH is 1. The summed E-state index contributed by atoms with van der Waals surface area (Å²) in [7, 11) is 1.49. The van der Waals surface area contributed by atoms with Crippen molar-refractivity contribution in [3.05, 3.63) is 65.2 Å². The van der Waals surface area contributed by atoms with Gasteiger partial charge >= 0.3 is 0 Å². The molecule has 122 valence electrons. The zero-order valence-corrected chi connectivity index (χ0v) is 12.6. The van der Waals surface area contributed by atoms with E-state index in [4.69, 9.17) is 4.74 Å². The van der Waals surface area contributed by atoms with Crippen molar-refractivity contribution in [1.82, 2.24) is 5.32 Å². The lowest BCUT2D eigenvalue weighted by Crippen LogP contribution is -2.30. The number of amides is 1. The lowest BCUT2D eigenvalue weighted by atomic mass is 10.0. The molecule has 1 atom stereocenters. The molecule has 0 bridgehead atoms. The molecule has 0 saturated heterocycles. The highest BCUT2D eigenvalue weighted by Gasteiger charge is 2.21. The van der Waals surface area contributed by atoms with Crippen molar-refractivity contribution in [2.24, 2.45) is 0 Å². The summed E-state index contributed by atoms with van der Waals surface area (Å²) in [5.74, 6) is -1.74. The lowest BCUT2D eigenvalue weighted by Gasteiger charge is -2.20. The largest absolute Gasteiger partial charge is 0.496 e. The van der Waals surface area contributed by atoms with E-state index in [1.165, 1.54) is 7.11 Å². The number of nitrogens with one attached hydrogen (secondary N) is 1. The zero-order chi connectivity index (χ0) is 16.8. The summed E-state index contributed by atoms with van der Waals surface area (Å²) >= 11 is 0. The molecule has 23 heavy (non-hydrogen) atoms. The molecular weight excluding hydrogens is 304 g/mol. The van der Waals surface area contributed by atoms with Gasteiger partial charge in [-0.3, -0.25) is 4.79 Å². The Bertz CT molecular complexity index is 691. The molecule has 0 spiro atoms. The van der Waals surface area contributed by atoms with Crippen LogP contribution in [-0.4, -0.2) is 24.7 Å². The fourth-order valence-electron chi connectivity index (χ4n) is 2.30. The Hall–Kier alpha value is -2.47. The second kappa shape index (κ2) is 7.69. The molecule has 2 N–H and O–H groups in total. The predicted molar refractivity (Wildman–Crippen MR) is 81.3 cm³/mol. The van der Waals surface area contributed by atoms with Gasteiger partial charge in [-0.25, -0.2) is 8.78 Å². The molecule has 0 aliphatic carbocycles. The molecule has 0 radical (unpaired) electrons. The summed E-state index contributed by atoms with van der Waals surface area (Å²) in [4.78, 5) is 12.2. The van der Waals surface area contributed by atoms with Crippen LogP contribution in [0.15, 0.2) is 42.5 Å². The highest BCUT2D eigenvalue weighted by Crippen LogP contribution is 2.27. The van der Waals surface area contributed by atoms with Gasteiger partial charge in [0, 0.05) is 12.2 Å². The van der Waals surface area contributed by atoms with Gasteiger partial charge < -0.3 is 15.2 Å². The molecule has 0 fully saturated rings. The monoisotopic (exact) mass is 321 g/mol. The van der Waals surface area contributed by atoms with E-state index in [0.717, 1.165) is 18.2 Å². The van der Waals surface area contributed by atoms with Crippen LogP contribution in [0.2, 0.25) is 0 Å². The molecule has 4 nitrogen and oxygen atoms in total. The lowest BCUT2D eigenvalue weighted by molar-refractivity contribution is 0.0925. The van der Waals surface area contributed by atoms with E-state index in [1.807, 2.05) is 0 Å². The van der Waals surface area contributed by atoms with Gasteiger partial charge in [-0.2, -0.15) is 0 Å². The number of benzene rings is 2. The number of halogens is 2. The maximum absolute atomic E-state index is 13.7. The minimum Gasteiger partial charge on any atom is -0.496 e. The number of hydrogen-bond acceptors (Lipinski definition) is 3. The van der Waals surface area contributed by atoms with Gasteiger partial charge in [0.2, 0.25) is 0 Å². The van der Waals surface area contributed by atoms with Gasteiger partial charge in [-0.1, -0.05) is 18.2 Å². The molecule has 0 aromatic heterocycles. The van der Waals surface area contributed by atoms with Crippen LogP contribution in [0.4, 0.5) is 8.78 Å². The molecule has 2 aromatic carbocycles. The molecule has 0 aliphatic heterocycles. The average molecular weight is 321 g/mol. The summed E-state index contributed by atoms with van der Waals surface area (Å²) < 4.78 is 32.2. The van der Waals surface area contributed by atoms with Crippen LogP contribution in [0, 0.1) is 11.6 Å². The zero-order valence-electron chi connectivity index (χ0n) is 12.6. The number of methoxy groups -OCH3 is 1. The first-order valence-corrected chi connectivity index (χ1v) is 7.06. The quantitative estimate of drug-likeness (QED) is 0.860. The van der Waals surface area contributed by atoms with Crippen molar-refractivity contribution >= 4 is 5.91 Å². The van der Waals surface area contributed by atoms with E-state index in [1.54, 1.807) is 24.3 Å². The third-order valence-corrected chi connectivity index (χ3v) is 3.41. The maximum atomic E-state index is 13.7. The summed E-state index contributed by atoms with van der Waals surface area (Å²) in [6.07, 6.45) is 0.211. The maximum Gasteiger partial charge on any atom is 0.254 e. The van der Waals surface area contributed by atoms with Crippen molar-refractivity contribution in [3.8, 4) is 5.75 Å². The van der Waals surface area contributed by atoms with Gasteiger partial charge in [-0.05, 0) is 30.7 Å². The van der Waals surface area contributed by atoms with Crippen molar-refractivity contribution in [2.45, 2.75) is 12.5 Å². The minimum absolute atomic E-state index is 0.186. The first-order valence-electron chi connectivity index (χ1n) is 7.06. The second-order valence-electron chi connectivity index (χ2n) is 4.90. The number of hydrogen-bond donors (Lipinski definition) is 2. The normalized spacial score (nSPS) is 11.8. The van der Waals surface area contributed by atoms with Crippen LogP contribution in [0.25, 0.3) is 0 Å². The fourth-order valence-corrected chi connectivity index (χ4v) is 2.30. The highest BCUT2D eigenvalue weighted by molar-refractivity contribution is 5.94. The SMILES string of the molecule is COc1ccccc1C(CCO)NC(=O)c1cc(F)ccc1F. The third kappa shape index (κ3) is 4.04. The smallest absolute Gasteiger partial charge is 0.254 e. The number of aliphatic hydroxyl groups is 1. The molecule has 0 heterocycles. The third-order valence-electron chi connectivity index (χ3n) is 3.41. The Labute approximate surface area is 132 Å². The van der Waals surface area contributed by atoms with Crippen LogP contribution in [-0.2, 0) is 0 Å². The molecule has 0 saturated carbocycles. The fraction of sp³-hybridized carbons (Fsp3) is 0.235. The van der Waals surface area contributed by atoms with Crippen molar-refractivity contribution in [2.75, 3.05) is 13.7 Å². The Morgan fingerprint density at radius 3 is 2.70 bits per heavy atom. The van der Waals surface area contributed by atoms with E-state index in [-0.39, 0.29) is 18.6 Å². The second-order valence-corrected chi connectivity index (χ2v) is 4.90. The van der Waals surface area contributed by atoms with Crippen LogP contribution in [0.1, 0.15) is 28.4 Å². The number of ether oxygens (including phenoxy) is 1. The Morgan fingerprint density at radius 1 is 1.26 bits per heavy atom. The predicted octanol–water partition coefficient (Wildman–Crippen LogP) is 2.83. The number of carbonyl (C=O) groups is 1. The van der Waals surface area contributed by atoms with Crippen molar-refractivity contribution in [3.63, 3.8) is 0 Å². The molecule has 1 unspecified atom stereocenters. The van der Waals surface area contributed by atoms with E-state index < -0.39 is 23.6 Å². The molecule has 6 heteroatoms. The Balaban J connectivity index is 2.29. The average Bonchev–Trinajstić information content (AvgIpc) is 2.56. The molecule has 2 aromatic rings. The van der Waals surface area contributed by atoms with Gasteiger partial charge in [0.1, 0.15) is 17.4 Å². The summed E-state index contributed by atoms with van der Waals surface area (Å²) in [6.45, 7) is -0.186. The van der Waals surface area contributed by atoms with Crippen molar-refractivity contribution in [1.29, 1.82) is 0 Å². The van der Waals surface area contributed by atoms with E-state index in [9.17, 15) is 18.7 Å². The van der Waals surface area contributed by atoms with Crippen molar-refractivity contribution < 1.29 is 23.4 Å². The van der Waals surface area contributed by atoms with Crippen LogP contribution >= 0.6 is 0 Å². The highest BCUT2D eigenvalue weighted by atomic mass is 19.1. The van der Waals surface area contributed by atoms with Crippen LogP contribution < -0.4 is 10.1 Å². The van der Waals surface area contributed by atoms with Gasteiger partial charge in [-0.15, -0.1) is 0 Å². The molecule has 2 rings (SSSR count). The van der Waals surface area contributed by atoms with Crippen LogP contribution in [0.3, 0.4) is 0 Å². The van der Waals surface area contributed by atoms with Gasteiger partial charge in [0.05, 0.1) is 18.7 Å². The number of para-hydroxylation sites is 1. The standard InChI is InChI=1S/C17H17F2NO3/c1-23-16-5-3-2-4-12(16)15(8-9-21)20-17(22)13-10-11(18)6-7-14(13)19/h2-7,10,15,21H,8-9H2,1H3,(H,20,22). The topological polar surface area (TPSA) is 58.6 Å². The number of carbonyl (C=O) groups excluding carboxylic acids is 1. The van der Waals surface area contributed by atoms with Gasteiger partial charge in [0.25, 0.3) is 5.91 Å². The van der Waals surface area contributed by atoms with Crippen LogP contribution in [0.5, 0.6) is 5.75 Å². The first kappa shape index (κ1) is 16.9. The first-order chi connectivity index (χ1) is 11.1. The van der Waals surface area contributed by atoms with Gasteiger partial charge in [0.15, 0.2) is 0 Å².